The molecule has 0 spiro atoms. The summed E-state index contributed by atoms with van der Waals surface area (Å²) in [5, 5.41) is 1.58. The molecule has 0 aliphatic carbocycles. The summed E-state index contributed by atoms with van der Waals surface area (Å²) in [5.41, 5.74) is 2.77. The maximum absolute atomic E-state index is 13.3. The first-order chi connectivity index (χ1) is 16.4. The van der Waals surface area contributed by atoms with Gasteiger partial charge >= 0.3 is 0 Å². The second-order valence-electron chi connectivity index (χ2n) is 9.32. The van der Waals surface area contributed by atoms with E-state index in [1.807, 2.05) is 24.3 Å². The molecule has 3 aromatic rings. The van der Waals surface area contributed by atoms with Crippen molar-refractivity contribution in [1.82, 2.24) is 13.9 Å². The third kappa shape index (κ3) is 5.16. The summed E-state index contributed by atoms with van der Waals surface area (Å²) in [4.78, 5) is 5.20. The summed E-state index contributed by atoms with van der Waals surface area (Å²) in [7, 11) is -3.53. The van der Waals surface area contributed by atoms with Gasteiger partial charge in [-0.1, -0.05) is 42.4 Å². The Morgan fingerprint density at radius 1 is 1.18 bits per heavy atom. The molecule has 0 amide bonds. The fraction of sp³-hybridized carbons (Fsp3) is 0.480. The number of thioether (sulfide) groups is 1. The number of halogens is 1. The third-order valence-corrected chi connectivity index (χ3v) is 9.75. The normalized spacial score (nSPS) is 21.9. The Hall–Kier alpha value is -1.58. The van der Waals surface area contributed by atoms with Gasteiger partial charge in [-0.2, -0.15) is 4.31 Å². The van der Waals surface area contributed by atoms with E-state index < -0.39 is 10.0 Å². The van der Waals surface area contributed by atoms with Gasteiger partial charge in [0.1, 0.15) is 0 Å². The van der Waals surface area contributed by atoms with Crippen molar-refractivity contribution in [2.24, 2.45) is 5.92 Å². The molecule has 0 unspecified atom stereocenters. The summed E-state index contributed by atoms with van der Waals surface area (Å²) in [6, 6.07) is 13.2. The summed E-state index contributed by atoms with van der Waals surface area (Å²) < 4.78 is 36.4. The van der Waals surface area contributed by atoms with Crippen LogP contribution in [0.1, 0.15) is 38.2 Å². The first-order valence-electron chi connectivity index (χ1n) is 11.9. The van der Waals surface area contributed by atoms with E-state index in [0.29, 0.717) is 41.0 Å². The number of sulfonamides is 1. The lowest BCUT2D eigenvalue weighted by molar-refractivity contribution is 0.0960. The molecule has 1 aromatic heterocycles. The van der Waals surface area contributed by atoms with Gasteiger partial charge in [0.2, 0.25) is 10.0 Å². The summed E-state index contributed by atoms with van der Waals surface area (Å²) in [6.07, 6.45) is 4.23. The van der Waals surface area contributed by atoms with E-state index in [2.05, 4.69) is 17.6 Å². The van der Waals surface area contributed by atoms with E-state index in [0.717, 1.165) is 54.3 Å². The van der Waals surface area contributed by atoms with Gasteiger partial charge in [-0.25, -0.2) is 13.4 Å². The van der Waals surface area contributed by atoms with Gasteiger partial charge < -0.3 is 9.30 Å². The number of aromatic nitrogens is 2. The highest BCUT2D eigenvalue weighted by atomic mass is 35.5. The number of imidazole rings is 1. The number of piperidine rings is 1. The van der Waals surface area contributed by atoms with E-state index in [1.54, 1.807) is 28.2 Å². The highest BCUT2D eigenvalue weighted by molar-refractivity contribution is 7.98. The van der Waals surface area contributed by atoms with Crippen LogP contribution in [0, 0.1) is 5.92 Å². The fourth-order valence-electron chi connectivity index (χ4n) is 4.81. The van der Waals surface area contributed by atoms with E-state index in [9.17, 15) is 8.42 Å². The van der Waals surface area contributed by atoms with Crippen LogP contribution in [0.5, 0.6) is 0 Å². The minimum absolute atomic E-state index is 0.154. The molecule has 2 fully saturated rings. The molecule has 3 heterocycles. The number of benzene rings is 2. The maximum atomic E-state index is 13.3. The molecule has 34 heavy (non-hydrogen) atoms. The van der Waals surface area contributed by atoms with Crippen molar-refractivity contribution in [2.75, 3.05) is 19.7 Å². The standard InChI is InChI=1S/C25H30ClN3O3S2/c1-18-5-3-11-28(15-18)34(30,31)22-9-10-24-23(14-22)27-25(29(24)16-21-8-4-12-32-21)33-17-19-6-2-7-20(26)13-19/h2,6-7,9-10,13-14,18,21H,3-5,8,11-12,15-17H2,1H3/t18-,21+/m1/s1. The van der Waals surface area contributed by atoms with Crippen LogP contribution in [0.3, 0.4) is 0 Å². The third-order valence-electron chi connectivity index (χ3n) is 6.61. The van der Waals surface area contributed by atoms with Gasteiger partial charge in [0.15, 0.2) is 5.16 Å². The lowest BCUT2D eigenvalue weighted by atomic mass is 10.0. The molecule has 2 saturated heterocycles. The predicted octanol–water partition coefficient (Wildman–Crippen LogP) is 5.58. The van der Waals surface area contributed by atoms with Crippen LogP contribution in [0.4, 0.5) is 0 Å². The fourth-order valence-corrected chi connectivity index (χ4v) is 7.61. The van der Waals surface area contributed by atoms with E-state index in [-0.39, 0.29) is 6.10 Å². The van der Waals surface area contributed by atoms with E-state index in [4.69, 9.17) is 21.3 Å². The van der Waals surface area contributed by atoms with Crippen molar-refractivity contribution in [1.29, 1.82) is 0 Å². The van der Waals surface area contributed by atoms with Crippen LogP contribution in [0.25, 0.3) is 11.0 Å². The molecule has 2 aliphatic heterocycles. The van der Waals surface area contributed by atoms with Crippen molar-refractivity contribution >= 4 is 44.4 Å². The van der Waals surface area contributed by atoms with Crippen molar-refractivity contribution in [3.8, 4) is 0 Å². The highest BCUT2D eigenvalue weighted by Gasteiger charge is 2.29. The molecule has 2 aliphatic rings. The quantitative estimate of drug-likeness (QED) is 0.381. The van der Waals surface area contributed by atoms with Gasteiger partial charge in [0.25, 0.3) is 0 Å². The highest BCUT2D eigenvalue weighted by Crippen LogP contribution is 2.32. The molecule has 182 valence electrons. The van der Waals surface area contributed by atoms with Crippen LogP contribution in [-0.4, -0.2) is 48.1 Å². The Bertz CT molecular complexity index is 1270. The molecular weight excluding hydrogens is 490 g/mol. The SMILES string of the molecule is C[C@@H]1CCCN(S(=O)(=O)c2ccc3c(c2)nc(SCc2cccc(Cl)c2)n3C[C@@H]2CCCO2)C1. The summed E-state index contributed by atoms with van der Waals surface area (Å²) >= 11 is 7.80. The largest absolute Gasteiger partial charge is 0.376 e. The zero-order chi connectivity index (χ0) is 23.7. The Morgan fingerprint density at radius 2 is 2.06 bits per heavy atom. The molecule has 2 aromatic carbocycles. The minimum Gasteiger partial charge on any atom is -0.376 e. The second-order valence-corrected chi connectivity index (χ2v) is 12.6. The van der Waals surface area contributed by atoms with Gasteiger partial charge in [-0.3, -0.25) is 0 Å². The maximum Gasteiger partial charge on any atom is 0.243 e. The minimum atomic E-state index is -3.53. The predicted molar refractivity (Wildman–Crippen MR) is 137 cm³/mol. The van der Waals surface area contributed by atoms with E-state index in [1.165, 1.54) is 0 Å². The molecular formula is C25H30ClN3O3S2. The zero-order valence-electron chi connectivity index (χ0n) is 19.3. The first-order valence-corrected chi connectivity index (χ1v) is 14.7. The monoisotopic (exact) mass is 519 g/mol. The average Bonchev–Trinajstić information content (AvgIpc) is 3.46. The number of hydrogen-bond donors (Lipinski definition) is 0. The van der Waals surface area contributed by atoms with Crippen LogP contribution >= 0.6 is 23.4 Å². The van der Waals surface area contributed by atoms with Gasteiger partial charge in [-0.05, 0) is 67.5 Å². The Morgan fingerprint density at radius 3 is 2.82 bits per heavy atom. The second kappa shape index (κ2) is 10.2. The molecule has 0 radical (unpaired) electrons. The lowest BCUT2D eigenvalue weighted by Crippen LogP contribution is -2.39. The number of ether oxygens (including phenoxy) is 1. The van der Waals surface area contributed by atoms with Crippen molar-refractivity contribution < 1.29 is 13.2 Å². The van der Waals surface area contributed by atoms with Crippen LogP contribution in [0.15, 0.2) is 52.5 Å². The molecule has 0 N–H and O–H groups in total. The van der Waals surface area contributed by atoms with Crippen molar-refractivity contribution in [2.45, 2.75) is 61.1 Å². The molecule has 5 rings (SSSR count). The Labute approximate surface area is 210 Å². The smallest absolute Gasteiger partial charge is 0.243 e. The molecule has 9 heteroatoms. The molecule has 2 atom stereocenters. The van der Waals surface area contributed by atoms with Crippen LogP contribution in [0.2, 0.25) is 5.02 Å². The topological polar surface area (TPSA) is 64.4 Å². The Kier molecular flexibility index (Phi) is 7.23. The number of rotatable bonds is 7. The zero-order valence-corrected chi connectivity index (χ0v) is 21.7. The van der Waals surface area contributed by atoms with Gasteiger partial charge in [-0.15, -0.1) is 0 Å². The molecule has 0 saturated carbocycles. The average molecular weight is 520 g/mol. The Balaban J connectivity index is 1.47. The number of hydrogen-bond acceptors (Lipinski definition) is 5. The lowest BCUT2D eigenvalue weighted by Gasteiger charge is -2.30. The number of nitrogens with zero attached hydrogens (tertiary/aromatic N) is 3. The van der Waals surface area contributed by atoms with E-state index >= 15 is 0 Å². The summed E-state index contributed by atoms with van der Waals surface area (Å²) in [5.74, 6) is 1.11. The first kappa shape index (κ1) is 24.1. The van der Waals surface area contributed by atoms with Crippen LogP contribution < -0.4 is 0 Å². The van der Waals surface area contributed by atoms with Gasteiger partial charge in [0.05, 0.1) is 28.6 Å². The molecule has 6 nitrogen and oxygen atoms in total. The summed E-state index contributed by atoms with van der Waals surface area (Å²) in [6.45, 7) is 4.78. The van der Waals surface area contributed by atoms with Crippen LogP contribution in [-0.2, 0) is 27.1 Å². The van der Waals surface area contributed by atoms with Gasteiger partial charge in [0, 0.05) is 30.5 Å². The molecule has 0 bridgehead atoms. The number of fused-ring (bicyclic) bond motifs is 1. The van der Waals surface area contributed by atoms with Crippen molar-refractivity contribution in [3.63, 3.8) is 0 Å². The van der Waals surface area contributed by atoms with Crippen molar-refractivity contribution in [3.05, 3.63) is 53.1 Å².